The van der Waals surface area contributed by atoms with Crippen LogP contribution >= 0.6 is 11.3 Å². The summed E-state index contributed by atoms with van der Waals surface area (Å²) in [7, 11) is 0. The van der Waals surface area contributed by atoms with Gasteiger partial charge in [-0.25, -0.2) is 4.98 Å². The number of nitrogens with zero attached hydrogens (tertiary/aromatic N) is 1. The van der Waals surface area contributed by atoms with Gasteiger partial charge in [-0.1, -0.05) is 18.2 Å². The van der Waals surface area contributed by atoms with Crippen molar-refractivity contribution in [3.05, 3.63) is 58.1 Å². The monoisotopic (exact) mass is 439 g/mol. The first-order chi connectivity index (χ1) is 15.1. The highest BCUT2D eigenvalue weighted by Crippen LogP contribution is 2.29. The van der Waals surface area contributed by atoms with Crippen molar-refractivity contribution in [2.75, 3.05) is 11.9 Å². The summed E-state index contributed by atoms with van der Waals surface area (Å²) in [6, 6.07) is 11.4. The van der Waals surface area contributed by atoms with Crippen LogP contribution in [0.4, 0.5) is 5.69 Å². The van der Waals surface area contributed by atoms with E-state index in [1.54, 1.807) is 11.3 Å². The fraction of sp³-hybridized carbons (Fsp3) is 0.348. The van der Waals surface area contributed by atoms with Crippen LogP contribution in [-0.4, -0.2) is 29.5 Å². The number of aromatic nitrogens is 1. The van der Waals surface area contributed by atoms with E-state index in [2.05, 4.69) is 15.6 Å². The Morgan fingerprint density at radius 3 is 2.87 bits per heavy atom. The van der Waals surface area contributed by atoms with E-state index in [9.17, 15) is 9.59 Å². The largest absolute Gasteiger partial charge is 0.441 e. The number of ether oxygens (including phenoxy) is 1. The van der Waals surface area contributed by atoms with Crippen LogP contribution in [0.2, 0.25) is 0 Å². The number of thiophene rings is 1. The van der Waals surface area contributed by atoms with Crippen LogP contribution in [0.25, 0.3) is 11.5 Å². The molecule has 1 aliphatic rings. The molecular formula is C23H25N3O4S. The van der Waals surface area contributed by atoms with Gasteiger partial charge in [-0.15, -0.1) is 11.3 Å². The average Bonchev–Trinajstić information content (AvgIpc) is 3.53. The quantitative estimate of drug-likeness (QED) is 0.552. The second kappa shape index (κ2) is 9.89. The number of hydrogen-bond donors (Lipinski definition) is 2. The van der Waals surface area contributed by atoms with Gasteiger partial charge in [0.05, 0.1) is 17.8 Å². The minimum Gasteiger partial charge on any atom is -0.441 e. The average molecular weight is 440 g/mol. The van der Waals surface area contributed by atoms with Gasteiger partial charge in [-0.2, -0.15) is 0 Å². The van der Waals surface area contributed by atoms with Crippen LogP contribution in [0.5, 0.6) is 0 Å². The molecule has 2 N–H and O–H groups in total. The van der Waals surface area contributed by atoms with Crippen LogP contribution in [0.1, 0.15) is 35.6 Å². The molecule has 0 aliphatic carbocycles. The number of carbonyl (C=O) groups is 2. The maximum absolute atomic E-state index is 12.5. The van der Waals surface area contributed by atoms with Crippen molar-refractivity contribution < 1.29 is 18.7 Å². The summed E-state index contributed by atoms with van der Waals surface area (Å²) in [4.78, 5) is 30.4. The molecule has 3 heterocycles. The van der Waals surface area contributed by atoms with Crippen LogP contribution in [0.15, 0.2) is 46.2 Å². The zero-order chi connectivity index (χ0) is 21.6. The molecule has 1 aliphatic heterocycles. The van der Waals surface area contributed by atoms with E-state index in [-0.39, 0.29) is 11.8 Å². The van der Waals surface area contributed by atoms with Crippen molar-refractivity contribution in [3.63, 3.8) is 0 Å². The lowest BCUT2D eigenvalue weighted by Crippen LogP contribution is -2.27. The Balaban J connectivity index is 1.40. The number of amides is 2. The third kappa shape index (κ3) is 5.39. The summed E-state index contributed by atoms with van der Waals surface area (Å²) in [5.41, 5.74) is 1.97. The number of aryl methyl sites for hydroxylation is 2. The maximum Gasteiger partial charge on any atom is 0.253 e. The molecule has 3 aromatic rings. The summed E-state index contributed by atoms with van der Waals surface area (Å²) in [6.07, 6.45) is 2.36. The second-order valence-electron chi connectivity index (χ2n) is 7.41. The molecule has 1 aromatic carbocycles. The SMILES string of the molecule is Cc1oc(-c2ccccc2NC(=O)[C@@H]2CCCO2)nc1CNC(=O)CCc1cccs1. The minimum atomic E-state index is -0.417. The fourth-order valence-electron chi connectivity index (χ4n) is 3.45. The molecule has 4 rings (SSSR count). The Bertz CT molecular complexity index is 1040. The number of carbonyl (C=O) groups excluding carboxylic acids is 2. The first-order valence-electron chi connectivity index (χ1n) is 10.4. The molecule has 0 bridgehead atoms. The summed E-state index contributed by atoms with van der Waals surface area (Å²) < 4.78 is 11.3. The van der Waals surface area contributed by atoms with Gasteiger partial charge in [0.2, 0.25) is 11.8 Å². The number of nitrogens with one attached hydrogen (secondary N) is 2. The third-order valence-electron chi connectivity index (χ3n) is 5.16. The second-order valence-corrected chi connectivity index (χ2v) is 8.45. The van der Waals surface area contributed by atoms with Gasteiger partial charge in [0.15, 0.2) is 0 Å². The number of rotatable bonds is 8. The molecule has 0 unspecified atom stereocenters. The summed E-state index contributed by atoms with van der Waals surface area (Å²) in [5, 5.41) is 7.84. The highest BCUT2D eigenvalue weighted by molar-refractivity contribution is 7.09. The standard InChI is InChI=1S/C23H25N3O4S/c1-15-19(14-24-21(27)11-10-16-6-5-13-31-16)26-23(30-15)17-7-2-3-8-18(17)25-22(28)20-9-4-12-29-20/h2-3,5-8,13,20H,4,9-12,14H2,1H3,(H,24,27)(H,25,28)/t20-/m0/s1. The molecule has 31 heavy (non-hydrogen) atoms. The van der Waals surface area contributed by atoms with E-state index in [1.807, 2.05) is 48.7 Å². The Hall–Kier alpha value is -2.97. The Kier molecular flexibility index (Phi) is 6.79. The molecule has 0 saturated carbocycles. The lowest BCUT2D eigenvalue weighted by atomic mass is 10.1. The van der Waals surface area contributed by atoms with Gasteiger partial charge in [-0.3, -0.25) is 9.59 Å². The molecule has 1 saturated heterocycles. The number of para-hydroxylation sites is 1. The normalized spacial score (nSPS) is 15.7. The van der Waals surface area contributed by atoms with Crippen molar-refractivity contribution in [1.82, 2.24) is 10.3 Å². The Morgan fingerprint density at radius 2 is 2.10 bits per heavy atom. The molecule has 162 valence electrons. The lowest BCUT2D eigenvalue weighted by molar-refractivity contribution is -0.124. The van der Waals surface area contributed by atoms with Crippen LogP contribution in [0, 0.1) is 6.92 Å². The highest BCUT2D eigenvalue weighted by Gasteiger charge is 2.25. The van der Waals surface area contributed by atoms with Crippen LogP contribution in [-0.2, 0) is 27.3 Å². The van der Waals surface area contributed by atoms with Crippen molar-refractivity contribution >= 4 is 28.8 Å². The third-order valence-corrected chi connectivity index (χ3v) is 6.10. The van der Waals surface area contributed by atoms with E-state index in [0.717, 1.165) is 19.3 Å². The van der Waals surface area contributed by atoms with Gasteiger partial charge in [0, 0.05) is 17.9 Å². The van der Waals surface area contributed by atoms with Crippen molar-refractivity contribution in [2.45, 2.75) is 45.3 Å². The maximum atomic E-state index is 12.5. The molecule has 1 atom stereocenters. The van der Waals surface area contributed by atoms with E-state index in [4.69, 9.17) is 9.15 Å². The number of oxazole rings is 1. The van der Waals surface area contributed by atoms with Gasteiger partial charge in [0.25, 0.3) is 5.91 Å². The Morgan fingerprint density at radius 1 is 1.23 bits per heavy atom. The zero-order valence-corrected chi connectivity index (χ0v) is 18.2. The summed E-state index contributed by atoms with van der Waals surface area (Å²) in [5.74, 6) is 0.852. The molecule has 2 aromatic heterocycles. The van der Waals surface area contributed by atoms with E-state index < -0.39 is 6.10 Å². The highest BCUT2D eigenvalue weighted by atomic mass is 32.1. The topological polar surface area (TPSA) is 93.5 Å². The van der Waals surface area contributed by atoms with E-state index >= 15 is 0 Å². The molecule has 0 spiro atoms. The van der Waals surface area contributed by atoms with Gasteiger partial charge in [0.1, 0.15) is 17.6 Å². The molecule has 2 amide bonds. The fourth-order valence-corrected chi connectivity index (χ4v) is 4.15. The molecule has 7 nitrogen and oxygen atoms in total. The van der Waals surface area contributed by atoms with Crippen LogP contribution < -0.4 is 10.6 Å². The van der Waals surface area contributed by atoms with Crippen LogP contribution in [0.3, 0.4) is 0 Å². The van der Waals surface area contributed by atoms with E-state index in [0.29, 0.717) is 48.2 Å². The first kappa shape index (κ1) is 21.3. The van der Waals surface area contributed by atoms with Gasteiger partial charge >= 0.3 is 0 Å². The molecular weight excluding hydrogens is 414 g/mol. The number of hydrogen-bond acceptors (Lipinski definition) is 6. The molecule has 1 fully saturated rings. The van der Waals surface area contributed by atoms with Gasteiger partial charge < -0.3 is 19.8 Å². The zero-order valence-electron chi connectivity index (χ0n) is 17.3. The smallest absolute Gasteiger partial charge is 0.253 e. The number of anilines is 1. The first-order valence-corrected chi connectivity index (χ1v) is 11.3. The minimum absolute atomic E-state index is 0.0263. The predicted molar refractivity (Wildman–Crippen MR) is 119 cm³/mol. The predicted octanol–water partition coefficient (Wildman–Crippen LogP) is 4.08. The number of benzene rings is 1. The summed E-state index contributed by atoms with van der Waals surface area (Å²) in [6.45, 7) is 2.72. The van der Waals surface area contributed by atoms with Crippen molar-refractivity contribution in [3.8, 4) is 11.5 Å². The molecule has 0 radical (unpaired) electrons. The van der Waals surface area contributed by atoms with Gasteiger partial charge in [-0.05, 0) is 49.8 Å². The van der Waals surface area contributed by atoms with Crippen molar-refractivity contribution in [1.29, 1.82) is 0 Å². The van der Waals surface area contributed by atoms with E-state index in [1.165, 1.54) is 4.88 Å². The summed E-state index contributed by atoms with van der Waals surface area (Å²) >= 11 is 1.65. The van der Waals surface area contributed by atoms with Crippen molar-refractivity contribution in [2.24, 2.45) is 0 Å². The Labute approximate surface area is 184 Å². The lowest BCUT2D eigenvalue weighted by Gasteiger charge is -2.12. The molecule has 8 heteroatoms.